The van der Waals surface area contributed by atoms with Crippen LogP contribution in [0, 0.1) is 58.8 Å². The Balaban J connectivity index is 2.16. The maximum Gasteiger partial charge on any atom is 0.310 e. The Morgan fingerprint density at radius 3 is 2.24 bits per heavy atom. The lowest BCUT2D eigenvalue weighted by atomic mass is 10.1. The number of allylic oxidation sites excluding steroid dienone is 2. The smallest absolute Gasteiger partial charge is 0.310 e. The van der Waals surface area contributed by atoms with Crippen LogP contribution in [0.15, 0.2) is 11.1 Å². The molecule has 0 N–H and O–H groups in total. The molecule has 0 aromatic heterocycles. The van der Waals surface area contributed by atoms with Crippen molar-refractivity contribution in [2.45, 2.75) is 27.4 Å². The number of carbonyl (C=O) groups excluding carboxylic acids is 1. The lowest BCUT2D eigenvalue weighted by molar-refractivity contribution is -0.147. The molecule has 1 fully saturated rings. The first-order chi connectivity index (χ1) is 11.5. The van der Waals surface area contributed by atoms with E-state index in [4.69, 9.17) is 21.6 Å². The zero-order chi connectivity index (χ0) is 19.1. The van der Waals surface area contributed by atoms with Crippen molar-refractivity contribution in [1.29, 1.82) is 5.26 Å². The summed E-state index contributed by atoms with van der Waals surface area (Å²) in [6, 6.07) is 1.72. The molecule has 1 aliphatic rings. The number of nitrogens with zero attached hydrogens (tertiary/aromatic N) is 1. The summed E-state index contributed by atoms with van der Waals surface area (Å²) in [5.41, 5.74) is -2.34. The first-order valence-electron chi connectivity index (χ1n) is 7.29. The quantitative estimate of drug-likeness (QED) is 0.336. The van der Waals surface area contributed by atoms with E-state index in [1.807, 2.05) is 0 Å². The number of halogens is 5. The predicted octanol–water partition coefficient (Wildman–Crippen LogP) is 4.51. The van der Waals surface area contributed by atoms with Gasteiger partial charge < -0.3 is 4.74 Å². The fraction of sp³-hybridized carbons (Fsp3) is 0.412. The van der Waals surface area contributed by atoms with Gasteiger partial charge in [0.05, 0.1) is 11.5 Å². The molecule has 1 aromatic carbocycles. The number of carbonyl (C=O) groups is 1. The molecular weight excluding hydrogens is 362 g/mol. The minimum atomic E-state index is -1.59. The number of esters is 1. The van der Waals surface area contributed by atoms with Crippen molar-refractivity contribution in [3.8, 4) is 6.07 Å². The van der Waals surface area contributed by atoms with Crippen LogP contribution in [0.5, 0.6) is 0 Å². The molecule has 0 saturated heterocycles. The maximum atomic E-state index is 13.8. The second kappa shape index (κ2) is 6.68. The molecule has 1 saturated carbocycles. The van der Waals surface area contributed by atoms with Gasteiger partial charge in [-0.25, -0.2) is 17.6 Å². The highest BCUT2D eigenvalue weighted by molar-refractivity contribution is 6.31. The van der Waals surface area contributed by atoms with E-state index in [-0.39, 0.29) is 11.0 Å². The van der Waals surface area contributed by atoms with Gasteiger partial charge >= 0.3 is 5.97 Å². The molecule has 0 radical (unpaired) electrons. The van der Waals surface area contributed by atoms with Crippen LogP contribution in [0.1, 0.15) is 25.0 Å². The van der Waals surface area contributed by atoms with E-state index in [0.29, 0.717) is 0 Å². The average molecular weight is 376 g/mol. The number of nitriles is 1. The SMILES string of the molecule is Cc1c(F)c(F)c(COC(=O)C2C(C=C(Cl)C#N)C2(C)C)c(F)c1F. The van der Waals surface area contributed by atoms with Gasteiger partial charge in [-0.3, -0.25) is 4.79 Å². The van der Waals surface area contributed by atoms with Gasteiger partial charge in [-0.05, 0) is 18.3 Å². The second-order valence-corrected chi connectivity index (χ2v) is 6.83. The van der Waals surface area contributed by atoms with Crippen molar-refractivity contribution in [3.63, 3.8) is 0 Å². The van der Waals surface area contributed by atoms with Crippen LogP contribution in [0.4, 0.5) is 17.6 Å². The van der Waals surface area contributed by atoms with Crippen LogP contribution in [-0.2, 0) is 16.1 Å². The van der Waals surface area contributed by atoms with Crippen LogP contribution in [0.25, 0.3) is 0 Å². The summed E-state index contributed by atoms with van der Waals surface area (Å²) in [6.45, 7) is 3.41. The third-order valence-corrected chi connectivity index (χ3v) is 4.74. The lowest BCUT2D eigenvalue weighted by Crippen LogP contribution is -2.14. The van der Waals surface area contributed by atoms with Gasteiger partial charge in [0.2, 0.25) is 0 Å². The normalized spacial score (nSPS) is 21.6. The van der Waals surface area contributed by atoms with Gasteiger partial charge in [0.15, 0.2) is 23.3 Å². The third-order valence-electron chi connectivity index (χ3n) is 4.53. The number of ether oxygens (including phenoxy) is 1. The second-order valence-electron chi connectivity index (χ2n) is 6.42. The summed E-state index contributed by atoms with van der Waals surface area (Å²) in [5, 5.41) is 8.58. The number of benzene rings is 1. The molecule has 0 aliphatic heterocycles. The zero-order valence-corrected chi connectivity index (χ0v) is 14.3. The van der Waals surface area contributed by atoms with Gasteiger partial charge in [-0.1, -0.05) is 31.5 Å². The van der Waals surface area contributed by atoms with Crippen LogP contribution in [0.2, 0.25) is 0 Å². The Bertz CT molecular complexity index is 785. The highest BCUT2D eigenvalue weighted by atomic mass is 35.5. The third kappa shape index (κ3) is 3.36. The van der Waals surface area contributed by atoms with E-state index in [9.17, 15) is 22.4 Å². The summed E-state index contributed by atoms with van der Waals surface area (Å²) in [6.07, 6.45) is 1.40. The van der Waals surface area contributed by atoms with E-state index < -0.39 is 58.3 Å². The monoisotopic (exact) mass is 375 g/mol. The minimum absolute atomic E-state index is 0.0897. The summed E-state index contributed by atoms with van der Waals surface area (Å²) < 4.78 is 59.4. The molecule has 2 atom stereocenters. The standard InChI is InChI=1S/C17H14ClF4NO2/c1-7-12(19)14(21)9(15(22)13(7)20)6-25-16(24)11-10(17(11,2)3)4-8(18)5-23/h4,10-11H,6H2,1-3H3. The lowest BCUT2D eigenvalue weighted by Gasteiger charge is -2.10. The molecule has 1 aromatic rings. The van der Waals surface area contributed by atoms with Gasteiger partial charge in [0.1, 0.15) is 17.7 Å². The van der Waals surface area contributed by atoms with Crippen molar-refractivity contribution in [2.24, 2.45) is 17.3 Å². The molecule has 0 spiro atoms. The van der Waals surface area contributed by atoms with E-state index in [0.717, 1.165) is 6.92 Å². The molecule has 2 unspecified atom stereocenters. The van der Waals surface area contributed by atoms with E-state index >= 15 is 0 Å². The Kier molecular flexibility index (Phi) is 5.14. The average Bonchev–Trinajstić information content (AvgIpc) is 3.10. The Morgan fingerprint density at radius 2 is 1.76 bits per heavy atom. The van der Waals surface area contributed by atoms with E-state index in [1.165, 1.54) is 6.08 Å². The molecular formula is C17H14ClF4NO2. The fourth-order valence-corrected chi connectivity index (χ4v) is 2.92. The Labute approximate surface area is 146 Å². The first-order valence-corrected chi connectivity index (χ1v) is 7.67. The molecule has 2 rings (SSSR count). The minimum Gasteiger partial charge on any atom is -0.460 e. The fourth-order valence-electron chi connectivity index (χ4n) is 2.78. The topological polar surface area (TPSA) is 50.1 Å². The Morgan fingerprint density at radius 1 is 1.24 bits per heavy atom. The summed E-state index contributed by atoms with van der Waals surface area (Å²) in [7, 11) is 0. The zero-order valence-electron chi connectivity index (χ0n) is 13.6. The highest BCUT2D eigenvalue weighted by Gasteiger charge is 2.61. The number of rotatable bonds is 4. The van der Waals surface area contributed by atoms with Crippen molar-refractivity contribution in [2.75, 3.05) is 0 Å². The summed E-state index contributed by atoms with van der Waals surface area (Å²) >= 11 is 5.63. The van der Waals surface area contributed by atoms with Gasteiger partial charge in [-0.2, -0.15) is 5.26 Å². The molecule has 134 valence electrons. The molecule has 0 amide bonds. The summed E-state index contributed by atoms with van der Waals surface area (Å²) in [4.78, 5) is 12.1. The van der Waals surface area contributed by atoms with Crippen LogP contribution < -0.4 is 0 Å². The predicted molar refractivity (Wildman–Crippen MR) is 81.1 cm³/mol. The van der Waals surface area contributed by atoms with Crippen molar-refractivity contribution >= 4 is 17.6 Å². The van der Waals surface area contributed by atoms with Gasteiger partial charge in [0, 0.05) is 5.56 Å². The number of hydrogen-bond donors (Lipinski definition) is 0. The van der Waals surface area contributed by atoms with Gasteiger partial charge in [0.25, 0.3) is 0 Å². The summed E-state index contributed by atoms with van der Waals surface area (Å²) in [5.74, 6) is -8.11. The molecule has 3 nitrogen and oxygen atoms in total. The van der Waals surface area contributed by atoms with Crippen molar-refractivity contribution < 1.29 is 27.1 Å². The van der Waals surface area contributed by atoms with Crippen LogP contribution in [0.3, 0.4) is 0 Å². The molecule has 0 heterocycles. The maximum absolute atomic E-state index is 13.8. The van der Waals surface area contributed by atoms with Crippen molar-refractivity contribution in [3.05, 3.63) is 45.5 Å². The van der Waals surface area contributed by atoms with Gasteiger partial charge in [-0.15, -0.1) is 0 Å². The van der Waals surface area contributed by atoms with Crippen molar-refractivity contribution in [1.82, 2.24) is 0 Å². The van der Waals surface area contributed by atoms with E-state index in [2.05, 4.69) is 0 Å². The first kappa shape index (κ1) is 19.3. The van der Waals surface area contributed by atoms with Crippen LogP contribution >= 0.6 is 11.6 Å². The molecule has 8 heteroatoms. The Hall–Kier alpha value is -2.07. The largest absolute Gasteiger partial charge is 0.460 e. The number of hydrogen-bond acceptors (Lipinski definition) is 3. The van der Waals surface area contributed by atoms with E-state index in [1.54, 1.807) is 19.9 Å². The molecule has 25 heavy (non-hydrogen) atoms. The molecule has 0 bridgehead atoms. The van der Waals surface area contributed by atoms with Crippen LogP contribution in [-0.4, -0.2) is 5.97 Å². The highest BCUT2D eigenvalue weighted by Crippen LogP contribution is 2.60. The molecule has 1 aliphatic carbocycles.